The Morgan fingerprint density at radius 2 is 1.75 bits per heavy atom. The van der Waals surface area contributed by atoms with Crippen molar-refractivity contribution in [1.29, 1.82) is 0 Å². The highest BCUT2D eigenvalue weighted by molar-refractivity contribution is 9.10. The van der Waals surface area contributed by atoms with Gasteiger partial charge in [-0.2, -0.15) is 0 Å². The molecule has 0 aliphatic carbocycles. The summed E-state index contributed by atoms with van der Waals surface area (Å²) < 4.78 is 3.19. The fourth-order valence-electron chi connectivity index (χ4n) is 3.39. The molecule has 3 aromatic rings. The van der Waals surface area contributed by atoms with Crippen molar-refractivity contribution in [2.45, 2.75) is 24.9 Å². The lowest BCUT2D eigenvalue weighted by Crippen LogP contribution is -2.29. The number of hydrogen-bond donors (Lipinski definition) is 0. The number of thioether (sulfide) groups is 1. The van der Waals surface area contributed by atoms with Crippen LogP contribution in [0.1, 0.15) is 18.4 Å². The number of carbonyl (C=O) groups excluding carboxylic acids is 1. The van der Waals surface area contributed by atoms with E-state index in [1.54, 1.807) is 0 Å². The first-order valence-corrected chi connectivity index (χ1v) is 11.2. The molecule has 1 amide bonds. The normalized spacial score (nSPS) is 13.9. The highest BCUT2D eigenvalue weighted by atomic mass is 79.9. The molecule has 0 spiro atoms. The lowest BCUT2D eigenvalue weighted by atomic mass is 10.1. The highest BCUT2D eigenvalue weighted by Gasteiger charge is 2.20. The van der Waals surface area contributed by atoms with Crippen molar-refractivity contribution in [2.75, 3.05) is 18.8 Å². The number of aromatic nitrogens is 2. The van der Waals surface area contributed by atoms with Crippen LogP contribution in [0.3, 0.4) is 0 Å². The molecule has 4 rings (SSSR count). The van der Waals surface area contributed by atoms with Crippen LogP contribution >= 0.6 is 27.7 Å². The summed E-state index contributed by atoms with van der Waals surface area (Å²) in [4.78, 5) is 19.1. The Kier molecular flexibility index (Phi) is 5.87. The van der Waals surface area contributed by atoms with Crippen molar-refractivity contribution in [2.24, 2.45) is 0 Å². The third kappa shape index (κ3) is 4.18. The molecule has 1 fully saturated rings. The van der Waals surface area contributed by atoms with E-state index in [4.69, 9.17) is 0 Å². The fourth-order valence-corrected chi connectivity index (χ4v) is 4.55. The van der Waals surface area contributed by atoms with E-state index in [1.807, 2.05) is 23.2 Å². The number of aryl methyl sites for hydroxylation is 1. The Morgan fingerprint density at radius 3 is 2.43 bits per heavy atom. The lowest BCUT2D eigenvalue weighted by Gasteiger charge is -2.16. The predicted octanol–water partition coefficient (Wildman–Crippen LogP) is 5.32. The quantitative estimate of drug-likeness (QED) is 0.488. The lowest BCUT2D eigenvalue weighted by molar-refractivity contribution is -0.127. The van der Waals surface area contributed by atoms with Crippen LogP contribution in [-0.2, 0) is 4.79 Å². The molecule has 0 bridgehead atoms. The zero-order valence-corrected chi connectivity index (χ0v) is 18.2. The van der Waals surface area contributed by atoms with Crippen LogP contribution in [0.15, 0.2) is 64.4 Å². The second-order valence-electron chi connectivity index (χ2n) is 6.98. The van der Waals surface area contributed by atoms with Gasteiger partial charge >= 0.3 is 0 Å². The molecule has 0 atom stereocenters. The molecule has 0 unspecified atom stereocenters. The van der Waals surface area contributed by atoms with E-state index in [1.165, 1.54) is 17.3 Å². The third-order valence-corrected chi connectivity index (χ3v) is 6.41. The zero-order valence-electron chi connectivity index (χ0n) is 15.8. The fraction of sp³-hybridized carbons (Fsp3) is 0.273. The molecule has 28 heavy (non-hydrogen) atoms. The maximum Gasteiger partial charge on any atom is 0.233 e. The number of benzene rings is 2. The zero-order chi connectivity index (χ0) is 19.5. The van der Waals surface area contributed by atoms with Gasteiger partial charge in [-0.05, 0) is 44.0 Å². The number of imidazole rings is 1. The average molecular weight is 456 g/mol. The van der Waals surface area contributed by atoms with E-state index < -0.39 is 0 Å². The molecule has 1 aromatic heterocycles. The Bertz CT molecular complexity index is 960. The van der Waals surface area contributed by atoms with Gasteiger partial charge in [0.1, 0.15) is 0 Å². The van der Waals surface area contributed by atoms with E-state index >= 15 is 0 Å². The van der Waals surface area contributed by atoms with E-state index in [9.17, 15) is 4.79 Å². The highest BCUT2D eigenvalue weighted by Crippen LogP contribution is 2.31. The minimum atomic E-state index is 0.200. The smallest absolute Gasteiger partial charge is 0.233 e. The first-order valence-electron chi connectivity index (χ1n) is 9.43. The van der Waals surface area contributed by atoms with Gasteiger partial charge in [-0.3, -0.25) is 9.36 Å². The number of likely N-dealkylation sites (tertiary alicyclic amines) is 1. The largest absolute Gasteiger partial charge is 0.342 e. The van der Waals surface area contributed by atoms with Crippen molar-refractivity contribution >= 4 is 33.6 Å². The summed E-state index contributed by atoms with van der Waals surface area (Å²) in [6.45, 7) is 3.85. The summed E-state index contributed by atoms with van der Waals surface area (Å²) in [7, 11) is 0. The SMILES string of the molecule is Cc1ccc(-n2c(-c3ccc(Br)cc3)cnc2SCC(=O)N2CCCC2)cc1. The molecular weight excluding hydrogens is 434 g/mol. The van der Waals surface area contributed by atoms with Crippen LogP contribution in [0.25, 0.3) is 16.9 Å². The van der Waals surface area contributed by atoms with Crippen molar-refractivity contribution < 1.29 is 4.79 Å². The standard InChI is InChI=1S/C22H22BrN3OS/c1-16-4-10-19(11-5-16)26-20(17-6-8-18(23)9-7-17)14-24-22(26)28-15-21(27)25-12-2-3-13-25/h4-11,14H,2-3,12-13,15H2,1H3. The van der Waals surface area contributed by atoms with Crippen LogP contribution in [0.4, 0.5) is 0 Å². The van der Waals surface area contributed by atoms with Gasteiger partial charge in [0.2, 0.25) is 5.91 Å². The summed E-state index contributed by atoms with van der Waals surface area (Å²) in [5, 5.41) is 0.842. The van der Waals surface area contributed by atoms with Crippen LogP contribution < -0.4 is 0 Å². The van der Waals surface area contributed by atoms with E-state index in [2.05, 4.69) is 68.8 Å². The number of nitrogens with zero attached hydrogens (tertiary/aromatic N) is 3. The molecular formula is C22H22BrN3OS. The van der Waals surface area contributed by atoms with Gasteiger partial charge in [-0.25, -0.2) is 4.98 Å². The molecule has 0 N–H and O–H groups in total. The van der Waals surface area contributed by atoms with Crippen molar-refractivity contribution in [1.82, 2.24) is 14.5 Å². The third-order valence-electron chi connectivity index (χ3n) is 4.95. The molecule has 1 aliphatic rings. The second kappa shape index (κ2) is 8.53. The maximum atomic E-state index is 12.5. The van der Waals surface area contributed by atoms with Gasteiger partial charge in [0, 0.05) is 28.8 Å². The number of hydrogen-bond acceptors (Lipinski definition) is 3. The van der Waals surface area contributed by atoms with Gasteiger partial charge in [0.25, 0.3) is 0 Å². The number of halogens is 1. The summed E-state index contributed by atoms with van der Waals surface area (Å²) in [5.74, 6) is 0.619. The van der Waals surface area contributed by atoms with E-state index in [0.717, 1.165) is 52.5 Å². The Hall–Kier alpha value is -2.05. The van der Waals surface area contributed by atoms with Gasteiger partial charge in [-0.15, -0.1) is 0 Å². The molecule has 6 heteroatoms. The van der Waals surface area contributed by atoms with Crippen LogP contribution in [0, 0.1) is 6.92 Å². The maximum absolute atomic E-state index is 12.5. The number of amides is 1. The van der Waals surface area contributed by atoms with Gasteiger partial charge in [0.05, 0.1) is 17.6 Å². The van der Waals surface area contributed by atoms with Gasteiger partial charge in [-0.1, -0.05) is 57.5 Å². The second-order valence-corrected chi connectivity index (χ2v) is 8.84. The summed E-state index contributed by atoms with van der Waals surface area (Å²) >= 11 is 5.01. The van der Waals surface area contributed by atoms with Crippen LogP contribution in [0.2, 0.25) is 0 Å². The number of carbonyl (C=O) groups is 1. The molecule has 2 heterocycles. The first kappa shape index (κ1) is 19.3. The van der Waals surface area contributed by atoms with E-state index in [0.29, 0.717) is 5.75 Å². The number of rotatable bonds is 5. The van der Waals surface area contributed by atoms with Crippen molar-refractivity contribution in [3.05, 3.63) is 64.8 Å². The Labute approximate surface area is 178 Å². The topological polar surface area (TPSA) is 38.1 Å². The predicted molar refractivity (Wildman–Crippen MR) is 118 cm³/mol. The molecule has 0 radical (unpaired) electrons. The van der Waals surface area contributed by atoms with Gasteiger partial charge in [0.15, 0.2) is 5.16 Å². The molecule has 144 valence electrons. The average Bonchev–Trinajstić information content (AvgIpc) is 3.38. The molecule has 4 nitrogen and oxygen atoms in total. The summed E-state index contributed by atoms with van der Waals surface area (Å²) in [6.07, 6.45) is 4.12. The first-order chi connectivity index (χ1) is 13.6. The van der Waals surface area contributed by atoms with Crippen LogP contribution in [-0.4, -0.2) is 39.2 Å². The minimum absolute atomic E-state index is 0.200. The Balaban J connectivity index is 1.66. The van der Waals surface area contributed by atoms with E-state index in [-0.39, 0.29) is 5.91 Å². The van der Waals surface area contributed by atoms with Crippen LogP contribution in [0.5, 0.6) is 0 Å². The minimum Gasteiger partial charge on any atom is -0.342 e. The monoisotopic (exact) mass is 455 g/mol. The summed E-state index contributed by atoms with van der Waals surface area (Å²) in [5.41, 5.74) is 4.38. The summed E-state index contributed by atoms with van der Waals surface area (Å²) in [6, 6.07) is 16.6. The van der Waals surface area contributed by atoms with Crippen molar-refractivity contribution in [3.8, 4) is 16.9 Å². The van der Waals surface area contributed by atoms with Crippen molar-refractivity contribution in [3.63, 3.8) is 0 Å². The van der Waals surface area contributed by atoms with Gasteiger partial charge < -0.3 is 4.90 Å². The molecule has 1 aliphatic heterocycles. The molecule has 0 saturated carbocycles. The Morgan fingerprint density at radius 1 is 1.07 bits per heavy atom. The molecule has 1 saturated heterocycles. The molecule has 2 aromatic carbocycles.